The van der Waals surface area contributed by atoms with Crippen molar-refractivity contribution in [2.75, 3.05) is 13.2 Å². The van der Waals surface area contributed by atoms with Crippen molar-refractivity contribution in [2.24, 2.45) is 0 Å². The van der Waals surface area contributed by atoms with Gasteiger partial charge in [-0.05, 0) is 19.3 Å². The highest BCUT2D eigenvalue weighted by Gasteiger charge is 2.02. The second kappa shape index (κ2) is 15.9. The Morgan fingerprint density at radius 1 is 0.474 bits per heavy atom. The molecule has 0 rings (SSSR count). The number of aliphatic hydroxyl groups is 3. The van der Waals surface area contributed by atoms with E-state index in [1.807, 2.05) is 0 Å². The number of unbranched alkanes of at least 4 members (excludes halogenated alkanes) is 10. The number of hydrogen-bond donors (Lipinski definition) is 3. The zero-order chi connectivity index (χ0) is 14.2. The molecule has 0 fully saturated rings. The van der Waals surface area contributed by atoms with Crippen molar-refractivity contribution >= 4 is 0 Å². The van der Waals surface area contributed by atoms with Crippen molar-refractivity contribution in [2.45, 2.75) is 89.6 Å². The lowest BCUT2D eigenvalue weighted by atomic mass is 10.0. The third-order valence-electron chi connectivity index (χ3n) is 3.66. The van der Waals surface area contributed by atoms with Crippen LogP contribution in [-0.4, -0.2) is 34.6 Å². The molecule has 0 heterocycles. The van der Waals surface area contributed by atoms with E-state index in [1.165, 1.54) is 57.8 Å². The Hall–Kier alpha value is -0.120. The maximum absolute atomic E-state index is 9.43. The van der Waals surface area contributed by atoms with E-state index in [9.17, 15) is 5.11 Å². The molecule has 0 aromatic heterocycles. The maximum Gasteiger partial charge on any atom is 0.0562 e. The van der Waals surface area contributed by atoms with E-state index in [-0.39, 0.29) is 12.7 Å². The smallest absolute Gasteiger partial charge is 0.0562 e. The van der Waals surface area contributed by atoms with E-state index in [1.54, 1.807) is 0 Å². The Morgan fingerprint density at radius 2 is 0.895 bits per heavy atom. The first kappa shape index (κ1) is 18.9. The molecule has 0 saturated carbocycles. The van der Waals surface area contributed by atoms with Crippen molar-refractivity contribution in [3.05, 3.63) is 0 Å². The quantitative estimate of drug-likeness (QED) is 0.401. The molecule has 3 heteroatoms. The molecule has 0 aliphatic rings. The summed E-state index contributed by atoms with van der Waals surface area (Å²) < 4.78 is 0. The topological polar surface area (TPSA) is 60.7 Å². The molecule has 1 unspecified atom stereocenters. The molecule has 0 amide bonds. The van der Waals surface area contributed by atoms with Crippen LogP contribution in [0.15, 0.2) is 0 Å². The second-order valence-corrected chi connectivity index (χ2v) is 5.57. The lowest BCUT2D eigenvalue weighted by Crippen LogP contribution is -2.08. The second-order valence-electron chi connectivity index (χ2n) is 5.57. The zero-order valence-electron chi connectivity index (χ0n) is 12.5. The first-order valence-corrected chi connectivity index (χ1v) is 8.21. The summed E-state index contributed by atoms with van der Waals surface area (Å²) in [5.41, 5.74) is 0. The Bertz CT molecular complexity index is 162. The van der Waals surface area contributed by atoms with Gasteiger partial charge in [0.1, 0.15) is 0 Å². The van der Waals surface area contributed by atoms with Gasteiger partial charge in [0.25, 0.3) is 0 Å². The van der Waals surface area contributed by atoms with E-state index in [2.05, 4.69) is 0 Å². The zero-order valence-corrected chi connectivity index (χ0v) is 12.5. The summed E-state index contributed by atoms with van der Waals surface area (Å²) in [5, 5.41) is 26.7. The van der Waals surface area contributed by atoms with E-state index in [4.69, 9.17) is 10.2 Å². The molecule has 0 aliphatic heterocycles. The van der Waals surface area contributed by atoms with Crippen LogP contribution < -0.4 is 0 Å². The van der Waals surface area contributed by atoms with Crippen molar-refractivity contribution in [3.8, 4) is 0 Å². The fourth-order valence-electron chi connectivity index (χ4n) is 2.38. The summed E-state index contributed by atoms with van der Waals surface area (Å²) >= 11 is 0. The molecule has 1 atom stereocenters. The molecule has 3 nitrogen and oxygen atoms in total. The summed E-state index contributed by atoms with van der Waals surface area (Å²) in [6, 6.07) is 0. The maximum atomic E-state index is 9.43. The lowest BCUT2D eigenvalue weighted by Gasteiger charge is -2.08. The lowest BCUT2D eigenvalue weighted by molar-refractivity contribution is 0.122. The van der Waals surface area contributed by atoms with E-state index < -0.39 is 0 Å². The molecule has 0 saturated heterocycles. The summed E-state index contributed by atoms with van der Waals surface area (Å²) in [7, 11) is 0. The van der Waals surface area contributed by atoms with Crippen LogP contribution in [0.1, 0.15) is 83.5 Å². The highest BCUT2D eigenvalue weighted by molar-refractivity contribution is 4.55. The van der Waals surface area contributed by atoms with Crippen molar-refractivity contribution in [1.29, 1.82) is 0 Å². The third kappa shape index (κ3) is 15.8. The Labute approximate surface area is 119 Å². The van der Waals surface area contributed by atoms with Crippen LogP contribution in [-0.2, 0) is 0 Å². The predicted molar refractivity (Wildman–Crippen MR) is 80.2 cm³/mol. The molecule has 0 aromatic rings. The van der Waals surface area contributed by atoms with Gasteiger partial charge in [0.15, 0.2) is 0 Å². The minimum atomic E-state index is -0.302. The Kier molecular flexibility index (Phi) is 15.8. The van der Waals surface area contributed by atoms with Crippen LogP contribution in [0.3, 0.4) is 0 Å². The van der Waals surface area contributed by atoms with Crippen molar-refractivity contribution in [1.82, 2.24) is 0 Å². The highest BCUT2D eigenvalue weighted by atomic mass is 16.3. The van der Waals surface area contributed by atoms with Gasteiger partial charge in [0.2, 0.25) is 0 Å². The molecule has 0 aromatic carbocycles. The van der Waals surface area contributed by atoms with Gasteiger partial charge >= 0.3 is 0 Å². The number of aliphatic hydroxyl groups excluding tert-OH is 3. The molecule has 0 spiro atoms. The predicted octanol–water partition coefficient (Wildman–Crippen LogP) is 3.40. The summed E-state index contributed by atoms with van der Waals surface area (Å²) in [5.74, 6) is 0. The fraction of sp³-hybridized carbons (Fsp3) is 1.00. The summed E-state index contributed by atoms with van der Waals surface area (Å²) in [6.45, 7) is 0.437. The normalized spacial score (nSPS) is 12.8. The van der Waals surface area contributed by atoms with E-state index >= 15 is 0 Å². The van der Waals surface area contributed by atoms with Gasteiger partial charge in [-0.15, -0.1) is 0 Å². The third-order valence-corrected chi connectivity index (χ3v) is 3.66. The van der Waals surface area contributed by atoms with Crippen LogP contribution in [0.25, 0.3) is 0 Å². The van der Waals surface area contributed by atoms with Crippen LogP contribution in [0, 0.1) is 0 Å². The van der Waals surface area contributed by atoms with Crippen LogP contribution in [0.4, 0.5) is 0 Å². The summed E-state index contributed by atoms with van der Waals surface area (Å²) in [4.78, 5) is 0. The molecular weight excluding hydrogens is 240 g/mol. The van der Waals surface area contributed by atoms with Gasteiger partial charge in [-0.25, -0.2) is 0 Å². The number of hydrogen-bond acceptors (Lipinski definition) is 3. The van der Waals surface area contributed by atoms with Crippen molar-refractivity contribution < 1.29 is 15.3 Å². The monoisotopic (exact) mass is 274 g/mol. The first-order chi connectivity index (χ1) is 9.31. The largest absolute Gasteiger partial charge is 0.396 e. The molecule has 116 valence electrons. The standard InChI is InChI=1S/C16H34O3/c17-14-11-9-7-5-3-1-2-4-6-8-10-12-16(19)13-15-18/h16-19H,1-15H2. The van der Waals surface area contributed by atoms with Gasteiger partial charge < -0.3 is 15.3 Å². The van der Waals surface area contributed by atoms with Gasteiger partial charge in [-0.1, -0.05) is 64.2 Å². The minimum Gasteiger partial charge on any atom is -0.396 e. The van der Waals surface area contributed by atoms with Crippen molar-refractivity contribution in [3.63, 3.8) is 0 Å². The van der Waals surface area contributed by atoms with Crippen LogP contribution in [0.2, 0.25) is 0 Å². The van der Waals surface area contributed by atoms with Gasteiger partial charge in [-0.2, -0.15) is 0 Å². The average Bonchev–Trinajstić information content (AvgIpc) is 2.40. The van der Waals surface area contributed by atoms with Crippen LogP contribution >= 0.6 is 0 Å². The Morgan fingerprint density at radius 3 is 1.32 bits per heavy atom. The van der Waals surface area contributed by atoms with Gasteiger partial charge in [-0.3, -0.25) is 0 Å². The minimum absolute atomic E-state index is 0.0967. The molecular formula is C16H34O3. The fourth-order valence-corrected chi connectivity index (χ4v) is 2.38. The van der Waals surface area contributed by atoms with E-state index in [0.717, 1.165) is 19.3 Å². The van der Waals surface area contributed by atoms with Crippen LogP contribution in [0.5, 0.6) is 0 Å². The molecule has 0 radical (unpaired) electrons. The van der Waals surface area contributed by atoms with Gasteiger partial charge in [0, 0.05) is 13.2 Å². The molecule has 0 bridgehead atoms. The highest BCUT2D eigenvalue weighted by Crippen LogP contribution is 2.13. The first-order valence-electron chi connectivity index (χ1n) is 8.21. The SMILES string of the molecule is OCCCCCCCCCCCCCC(O)CCO. The number of rotatable bonds is 15. The molecule has 3 N–H and O–H groups in total. The average molecular weight is 274 g/mol. The Balaban J connectivity index is 2.99. The molecule has 19 heavy (non-hydrogen) atoms. The summed E-state index contributed by atoms with van der Waals surface area (Å²) in [6.07, 6.45) is 14.7. The molecule has 0 aliphatic carbocycles. The van der Waals surface area contributed by atoms with E-state index in [0.29, 0.717) is 13.0 Å². The van der Waals surface area contributed by atoms with Gasteiger partial charge in [0.05, 0.1) is 6.10 Å².